The van der Waals surface area contributed by atoms with Gasteiger partial charge in [0.2, 0.25) is 10.0 Å². The van der Waals surface area contributed by atoms with E-state index in [0.29, 0.717) is 18.1 Å². The topological polar surface area (TPSA) is 117 Å². The van der Waals surface area contributed by atoms with Crippen LogP contribution in [0.4, 0.5) is 4.79 Å². The van der Waals surface area contributed by atoms with Gasteiger partial charge in [-0.1, -0.05) is 11.6 Å². The number of likely N-dealkylation sites (tertiary alicyclic amines) is 1. The number of aliphatic hydroxyl groups excluding tert-OH is 1. The minimum Gasteiger partial charge on any atom is -0.386 e. The number of carbonyl (C=O) groups excluding carboxylic acids is 1. The molecular weight excluding hydrogens is 430 g/mol. The maximum atomic E-state index is 12.4. The van der Waals surface area contributed by atoms with E-state index in [1.165, 1.54) is 0 Å². The molecule has 0 bridgehead atoms. The van der Waals surface area contributed by atoms with Crippen LogP contribution in [0.5, 0.6) is 0 Å². The molecule has 1 unspecified atom stereocenters. The average molecular weight is 456 g/mol. The van der Waals surface area contributed by atoms with Crippen LogP contribution >= 0.6 is 11.6 Å². The number of rotatable bonds is 5. The number of benzene rings is 1. The van der Waals surface area contributed by atoms with Crippen molar-refractivity contribution in [3.8, 4) is 0 Å². The minimum atomic E-state index is -3.27. The lowest BCUT2D eigenvalue weighted by molar-refractivity contribution is -0.0116. The zero-order chi connectivity index (χ0) is 21.7. The molecule has 30 heavy (non-hydrogen) atoms. The normalized spacial score (nSPS) is 24.5. The van der Waals surface area contributed by atoms with Gasteiger partial charge < -0.3 is 15.3 Å². The number of piperidine rings is 1. The van der Waals surface area contributed by atoms with E-state index in [4.69, 9.17) is 11.6 Å². The number of nitrogens with zero attached hydrogens (tertiary/aromatic N) is 3. The van der Waals surface area contributed by atoms with Crippen LogP contribution in [0, 0.1) is 5.92 Å². The van der Waals surface area contributed by atoms with Crippen molar-refractivity contribution in [2.45, 2.75) is 31.4 Å². The molecule has 2 atom stereocenters. The second kappa shape index (κ2) is 7.67. The molecule has 2 aliphatic rings. The third-order valence-corrected chi connectivity index (χ3v) is 7.28. The first-order valence-electron chi connectivity index (χ1n) is 9.94. The van der Waals surface area contributed by atoms with Crippen LogP contribution in [0.1, 0.15) is 31.4 Å². The van der Waals surface area contributed by atoms with Crippen molar-refractivity contribution in [1.29, 1.82) is 0 Å². The summed E-state index contributed by atoms with van der Waals surface area (Å²) in [7, 11) is -3.27. The van der Waals surface area contributed by atoms with Gasteiger partial charge in [0.15, 0.2) is 0 Å². The highest BCUT2D eigenvalue weighted by Crippen LogP contribution is 2.51. The van der Waals surface area contributed by atoms with Crippen molar-refractivity contribution in [3.63, 3.8) is 0 Å². The second-order valence-corrected chi connectivity index (χ2v) is 10.5. The van der Waals surface area contributed by atoms with Crippen LogP contribution in [0.2, 0.25) is 5.02 Å². The highest BCUT2D eigenvalue weighted by atomic mass is 35.5. The molecule has 9 nitrogen and oxygen atoms in total. The van der Waals surface area contributed by atoms with Crippen molar-refractivity contribution >= 4 is 38.6 Å². The molecule has 164 valence electrons. The highest BCUT2D eigenvalue weighted by Gasteiger charge is 2.50. The zero-order valence-corrected chi connectivity index (χ0v) is 18.5. The maximum Gasteiger partial charge on any atom is 0.317 e. The molecule has 4 rings (SSSR count). The Morgan fingerprint density at radius 1 is 1.33 bits per heavy atom. The van der Waals surface area contributed by atoms with Crippen molar-refractivity contribution in [1.82, 2.24) is 24.7 Å². The van der Waals surface area contributed by atoms with Gasteiger partial charge in [0, 0.05) is 42.2 Å². The van der Waals surface area contributed by atoms with Gasteiger partial charge in [-0.15, -0.1) is 0 Å². The average Bonchev–Trinajstić information content (AvgIpc) is 3.21. The Morgan fingerprint density at radius 3 is 2.70 bits per heavy atom. The van der Waals surface area contributed by atoms with Crippen LogP contribution in [-0.2, 0) is 15.6 Å². The molecule has 2 aromatic rings. The minimum absolute atomic E-state index is 0.137. The lowest BCUT2D eigenvalue weighted by Gasteiger charge is -2.42. The lowest BCUT2D eigenvalue weighted by atomic mass is 9.75. The standard InChI is InChI=1S/C19H26ClN5O4S/c1-19(17(26)15-10-14(20)9-12-11-22-25(19)16(12)15)13-3-7-24(8-4-13)18(27)21-5-6-23-30(2,28)29/h9-11,13,17,23,26H,3-8H2,1-2H3,(H,21,27)/t17-,19?/m1/s1. The molecule has 0 radical (unpaired) electrons. The van der Waals surface area contributed by atoms with Gasteiger partial charge in [0.1, 0.15) is 6.10 Å². The molecular formula is C19H26ClN5O4S. The largest absolute Gasteiger partial charge is 0.386 e. The van der Waals surface area contributed by atoms with Gasteiger partial charge in [0.05, 0.1) is 23.5 Å². The van der Waals surface area contributed by atoms with Crippen molar-refractivity contribution < 1.29 is 18.3 Å². The van der Waals surface area contributed by atoms with Gasteiger partial charge in [-0.25, -0.2) is 17.9 Å². The molecule has 0 aliphatic carbocycles. The van der Waals surface area contributed by atoms with Crippen LogP contribution in [0.15, 0.2) is 18.3 Å². The molecule has 1 aromatic carbocycles. The Balaban J connectivity index is 1.40. The van der Waals surface area contributed by atoms with Crippen molar-refractivity contribution in [2.24, 2.45) is 5.92 Å². The van der Waals surface area contributed by atoms with E-state index in [1.807, 2.05) is 23.7 Å². The number of aliphatic hydroxyl groups is 1. The number of carbonyl (C=O) groups is 1. The lowest BCUT2D eigenvalue weighted by Crippen LogP contribution is -2.50. The van der Waals surface area contributed by atoms with E-state index < -0.39 is 21.7 Å². The number of nitrogens with one attached hydrogen (secondary N) is 2. The first-order chi connectivity index (χ1) is 14.1. The number of hydrogen-bond acceptors (Lipinski definition) is 5. The van der Waals surface area contributed by atoms with E-state index in [2.05, 4.69) is 15.1 Å². The number of hydrogen-bond donors (Lipinski definition) is 3. The van der Waals surface area contributed by atoms with E-state index in [1.54, 1.807) is 11.1 Å². The predicted octanol–water partition coefficient (Wildman–Crippen LogP) is 1.42. The Kier molecular flexibility index (Phi) is 5.46. The summed E-state index contributed by atoms with van der Waals surface area (Å²) in [5, 5.41) is 20.0. The zero-order valence-electron chi connectivity index (χ0n) is 16.9. The van der Waals surface area contributed by atoms with Crippen LogP contribution in [0.25, 0.3) is 10.9 Å². The number of amides is 2. The van der Waals surface area contributed by atoms with E-state index in [-0.39, 0.29) is 25.0 Å². The van der Waals surface area contributed by atoms with E-state index in [0.717, 1.165) is 35.6 Å². The second-order valence-electron chi connectivity index (χ2n) is 8.28. The number of urea groups is 1. The Hall–Kier alpha value is -1.88. The summed E-state index contributed by atoms with van der Waals surface area (Å²) < 4.78 is 26.4. The first-order valence-corrected chi connectivity index (χ1v) is 12.2. The summed E-state index contributed by atoms with van der Waals surface area (Å²) in [6.45, 7) is 3.51. The molecule has 1 saturated heterocycles. The number of aromatic nitrogens is 2. The maximum absolute atomic E-state index is 12.4. The number of halogens is 1. The van der Waals surface area contributed by atoms with Crippen LogP contribution < -0.4 is 10.0 Å². The quantitative estimate of drug-likeness (QED) is 0.589. The molecule has 3 N–H and O–H groups in total. The predicted molar refractivity (Wildman–Crippen MR) is 114 cm³/mol. The van der Waals surface area contributed by atoms with Crippen LogP contribution in [-0.4, -0.2) is 66.7 Å². The fourth-order valence-corrected chi connectivity index (χ4v) is 5.46. The van der Waals surface area contributed by atoms with Crippen molar-refractivity contribution in [3.05, 3.63) is 28.9 Å². The Labute approximate surface area is 180 Å². The Bertz CT molecular complexity index is 1080. The van der Waals surface area contributed by atoms with Gasteiger partial charge in [-0.2, -0.15) is 5.10 Å². The summed E-state index contributed by atoms with van der Waals surface area (Å²) in [6.07, 6.45) is 3.60. The van der Waals surface area contributed by atoms with E-state index >= 15 is 0 Å². The first kappa shape index (κ1) is 21.4. The Morgan fingerprint density at radius 2 is 2.03 bits per heavy atom. The molecule has 0 spiro atoms. The van der Waals surface area contributed by atoms with Gasteiger partial charge in [-0.3, -0.25) is 4.68 Å². The molecule has 3 heterocycles. The molecule has 2 aliphatic heterocycles. The van der Waals surface area contributed by atoms with Crippen LogP contribution in [0.3, 0.4) is 0 Å². The molecule has 0 saturated carbocycles. The van der Waals surface area contributed by atoms with Gasteiger partial charge >= 0.3 is 6.03 Å². The summed E-state index contributed by atoms with van der Waals surface area (Å²) >= 11 is 6.22. The fourth-order valence-electron chi connectivity index (χ4n) is 4.75. The molecule has 1 aromatic heterocycles. The van der Waals surface area contributed by atoms with Crippen molar-refractivity contribution in [2.75, 3.05) is 32.4 Å². The highest BCUT2D eigenvalue weighted by molar-refractivity contribution is 7.88. The molecule has 1 fully saturated rings. The summed E-state index contributed by atoms with van der Waals surface area (Å²) in [5.74, 6) is 0.137. The third kappa shape index (κ3) is 3.66. The SMILES string of the molecule is CC1(C2CCN(C(=O)NCCNS(C)(=O)=O)CC2)[C@H](O)c2cc(Cl)cc3cnn1c23. The smallest absolute Gasteiger partial charge is 0.317 e. The number of sulfonamides is 1. The summed E-state index contributed by atoms with van der Waals surface area (Å²) in [4.78, 5) is 14.1. The summed E-state index contributed by atoms with van der Waals surface area (Å²) in [5.41, 5.74) is 1.13. The molecule has 11 heteroatoms. The van der Waals surface area contributed by atoms with E-state index in [9.17, 15) is 18.3 Å². The molecule has 2 amide bonds. The monoisotopic (exact) mass is 455 g/mol. The third-order valence-electron chi connectivity index (χ3n) is 6.34. The van der Waals surface area contributed by atoms with Gasteiger partial charge in [0.25, 0.3) is 0 Å². The fraction of sp³-hybridized carbons (Fsp3) is 0.579. The summed E-state index contributed by atoms with van der Waals surface area (Å²) in [6, 6.07) is 3.45. The van der Waals surface area contributed by atoms with Gasteiger partial charge in [-0.05, 0) is 37.8 Å².